The maximum atomic E-state index is 12.1. The summed E-state index contributed by atoms with van der Waals surface area (Å²) in [6, 6.07) is 0. The monoisotopic (exact) mass is 242 g/mol. The predicted molar refractivity (Wildman–Crippen MR) is 59.6 cm³/mol. The number of nitrogens with zero attached hydrogens (tertiary/aromatic N) is 2. The second-order valence-corrected chi connectivity index (χ2v) is 4.66. The second kappa shape index (κ2) is 5.01. The predicted octanol–water partition coefficient (Wildman–Crippen LogP) is -0.607. The first kappa shape index (κ1) is 12.3. The summed E-state index contributed by atoms with van der Waals surface area (Å²) in [6.07, 6.45) is -0.419. The first-order valence-corrected chi connectivity index (χ1v) is 5.93. The van der Waals surface area contributed by atoms with Crippen molar-refractivity contribution >= 4 is 11.9 Å². The van der Waals surface area contributed by atoms with E-state index in [0.29, 0.717) is 25.9 Å². The van der Waals surface area contributed by atoms with Crippen LogP contribution in [-0.2, 0) is 14.3 Å². The Morgan fingerprint density at radius 2 is 1.71 bits per heavy atom. The molecule has 2 aliphatic heterocycles. The zero-order valence-electron chi connectivity index (χ0n) is 9.96. The summed E-state index contributed by atoms with van der Waals surface area (Å²) in [4.78, 5) is 26.7. The first-order valence-electron chi connectivity index (χ1n) is 5.93. The fourth-order valence-corrected chi connectivity index (χ4v) is 2.23. The van der Waals surface area contributed by atoms with E-state index in [9.17, 15) is 9.59 Å². The summed E-state index contributed by atoms with van der Waals surface area (Å²) in [5.41, 5.74) is 0. The number of ether oxygens (including phenoxy) is 1. The number of carboxylic acids is 1. The lowest BCUT2D eigenvalue weighted by Gasteiger charge is -2.33. The minimum Gasteiger partial charge on any atom is -0.479 e. The van der Waals surface area contributed by atoms with E-state index < -0.39 is 18.2 Å². The van der Waals surface area contributed by atoms with Gasteiger partial charge in [0.05, 0.1) is 0 Å². The molecule has 2 atom stereocenters. The van der Waals surface area contributed by atoms with Crippen LogP contribution < -0.4 is 0 Å². The standard InChI is InChI=1S/C11H18N2O4/c1-12-4-6-13(7-5-12)10(14)8-2-3-9(17-8)11(15)16/h8-9H,2-7H2,1H3,(H,15,16). The van der Waals surface area contributed by atoms with E-state index in [2.05, 4.69) is 4.90 Å². The maximum absolute atomic E-state index is 12.1. The highest BCUT2D eigenvalue weighted by atomic mass is 16.5. The lowest BCUT2D eigenvalue weighted by molar-refractivity contribution is -0.155. The zero-order chi connectivity index (χ0) is 12.4. The Kier molecular flexibility index (Phi) is 3.63. The summed E-state index contributed by atoms with van der Waals surface area (Å²) in [6.45, 7) is 3.13. The third kappa shape index (κ3) is 2.76. The van der Waals surface area contributed by atoms with Crippen molar-refractivity contribution in [1.29, 1.82) is 0 Å². The largest absolute Gasteiger partial charge is 0.479 e. The van der Waals surface area contributed by atoms with E-state index in [1.165, 1.54) is 0 Å². The van der Waals surface area contributed by atoms with Gasteiger partial charge in [0, 0.05) is 26.2 Å². The molecule has 2 fully saturated rings. The van der Waals surface area contributed by atoms with E-state index in [4.69, 9.17) is 9.84 Å². The number of carbonyl (C=O) groups excluding carboxylic acids is 1. The molecule has 0 aliphatic carbocycles. The maximum Gasteiger partial charge on any atom is 0.332 e. The molecular weight excluding hydrogens is 224 g/mol. The van der Waals surface area contributed by atoms with Crippen LogP contribution in [0, 0.1) is 0 Å². The highest BCUT2D eigenvalue weighted by Crippen LogP contribution is 2.22. The molecule has 0 bridgehead atoms. The van der Waals surface area contributed by atoms with Gasteiger partial charge < -0.3 is 19.6 Å². The van der Waals surface area contributed by atoms with Crippen LogP contribution in [0.15, 0.2) is 0 Å². The van der Waals surface area contributed by atoms with Crippen molar-refractivity contribution in [3.05, 3.63) is 0 Å². The molecule has 0 saturated carbocycles. The molecule has 6 nitrogen and oxygen atoms in total. The number of aliphatic carboxylic acids is 1. The molecule has 0 spiro atoms. The highest BCUT2D eigenvalue weighted by molar-refractivity contribution is 5.82. The van der Waals surface area contributed by atoms with Crippen LogP contribution in [0.4, 0.5) is 0 Å². The minimum absolute atomic E-state index is 0.0538. The van der Waals surface area contributed by atoms with Crippen LogP contribution >= 0.6 is 0 Å². The summed E-state index contributed by atoms with van der Waals surface area (Å²) < 4.78 is 5.26. The second-order valence-electron chi connectivity index (χ2n) is 4.66. The fraction of sp³-hybridized carbons (Fsp3) is 0.818. The van der Waals surface area contributed by atoms with E-state index in [0.717, 1.165) is 13.1 Å². The van der Waals surface area contributed by atoms with Crippen LogP contribution in [0.1, 0.15) is 12.8 Å². The highest BCUT2D eigenvalue weighted by Gasteiger charge is 2.37. The molecule has 0 aromatic rings. The van der Waals surface area contributed by atoms with Crippen LogP contribution in [0.2, 0.25) is 0 Å². The molecule has 2 rings (SSSR count). The van der Waals surface area contributed by atoms with Crippen molar-refractivity contribution < 1.29 is 19.4 Å². The molecule has 2 unspecified atom stereocenters. The Morgan fingerprint density at radius 1 is 1.12 bits per heavy atom. The van der Waals surface area contributed by atoms with E-state index in [1.807, 2.05) is 7.05 Å². The molecule has 6 heteroatoms. The van der Waals surface area contributed by atoms with E-state index in [1.54, 1.807) is 4.90 Å². The number of likely N-dealkylation sites (N-methyl/N-ethyl adjacent to an activating group) is 1. The Bertz CT molecular complexity index is 313. The number of amides is 1. The molecule has 2 aliphatic rings. The van der Waals surface area contributed by atoms with Gasteiger partial charge in [-0.05, 0) is 19.9 Å². The van der Waals surface area contributed by atoms with Gasteiger partial charge in [0.2, 0.25) is 0 Å². The van der Waals surface area contributed by atoms with Crippen LogP contribution in [0.25, 0.3) is 0 Å². The molecular formula is C11H18N2O4. The SMILES string of the molecule is CN1CCN(C(=O)C2CCC(C(=O)O)O2)CC1. The molecule has 96 valence electrons. The smallest absolute Gasteiger partial charge is 0.332 e. The molecule has 2 saturated heterocycles. The fourth-order valence-electron chi connectivity index (χ4n) is 2.23. The van der Waals surface area contributed by atoms with Gasteiger partial charge in [0.1, 0.15) is 6.10 Å². The van der Waals surface area contributed by atoms with Crippen LogP contribution in [-0.4, -0.2) is 72.2 Å². The van der Waals surface area contributed by atoms with Crippen LogP contribution in [0.5, 0.6) is 0 Å². The zero-order valence-corrected chi connectivity index (χ0v) is 9.96. The van der Waals surface area contributed by atoms with Gasteiger partial charge in [-0.3, -0.25) is 4.79 Å². The number of carbonyl (C=O) groups is 2. The minimum atomic E-state index is -0.973. The normalized spacial score (nSPS) is 30.5. The Hall–Kier alpha value is -1.14. The Morgan fingerprint density at radius 3 is 2.24 bits per heavy atom. The summed E-state index contributed by atoms with van der Waals surface area (Å²) in [5, 5.41) is 8.80. The van der Waals surface area contributed by atoms with Crippen molar-refractivity contribution in [3.8, 4) is 0 Å². The first-order chi connectivity index (χ1) is 8.08. The molecule has 2 heterocycles. The number of carboxylic acid groups (broad SMARTS) is 1. The quantitative estimate of drug-likeness (QED) is 0.699. The third-order valence-corrected chi connectivity index (χ3v) is 3.39. The molecule has 0 radical (unpaired) electrons. The molecule has 0 aromatic heterocycles. The van der Waals surface area contributed by atoms with Crippen LogP contribution in [0.3, 0.4) is 0 Å². The van der Waals surface area contributed by atoms with Gasteiger partial charge >= 0.3 is 5.97 Å². The lowest BCUT2D eigenvalue weighted by atomic mass is 10.1. The summed E-state index contributed by atoms with van der Waals surface area (Å²) in [5.74, 6) is -1.03. The van der Waals surface area contributed by atoms with Gasteiger partial charge in [-0.15, -0.1) is 0 Å². The van der Waals surface area contributed by atoms with Crippen molar-refractivity contribution in [2.45, 2.75) is 25.0 Å². The van der Waals surface area contributed by atoms with Crippen molar-refractivity contribution in [2.75, 3.05) is 33.2 Å². The van der Waals surface area contributed by atoms with Gasteiger partial charge in [0.25, 0.3) is 5.91 Å². The van der Waals surface area contributed by atoms with Crippen molar-refractivity contribution in [2.24, 2.45) is 0 Å². The topological polar surface area (TPSA) is 70.1 Å². The molecule has 1 N–H and O–H groups in total. The number of rotatable bonds is 2. The average molecular weight is 242 g/mol. The number of piperazine rings is 1. The molecule has 0 aromatic carbocycles. The van der Waals surface area contributed by atoms with Gasteiger partial charge in [-0.25, -0.2) is 4.79 Å². The molecule has 1 amide bonds. The lowest BCUT2D eigenvalue weighted by Crippen LogP contribution is -2.50. The van der Waals surface area contributed by atoms with Crippen molar-refractivity contribution in [1.82, 2.24) is 9.80 Å². The van der Waals surface area contributed by atoms with Gasteiger partial charge in [-0.2, -0.15) is 0 Å². The molecule has 17 heavy (non-hydrogen) atoms. The summed E-state index contributed by atoms with van der Waals surface area (Å²) in [7, 11) is 2.02. The van der Waals surface area contributed by atoms with E-state index >= 15 is 0 Å². The average Bonchev–Trinajstić information content (AvgIpc) is 2.78. The Labute approximate surface area is 100 Å². The summed E-state index contributed by atoms with van der Waals surface area (Å²) >= 11 is 0. The van der Waals surface area contributed by atoms with E-state index in [-0.39, 0.29) is 5.91 Å². The number of hydrogen-bond acceptors (Lipinski definition) is 4. The Balaban J connectivity index is 1.86. The number of hydrogen-bond donors (Lipinski definition) is 1. The van der Waals surface area contributed by atoms with Gasteiger partial charge in [-0.1, -0.05) is 0 Å². The third-order valence-electron chi connectivity index (χ3n) is 3.39. The van der Waals surface area contributed by atoms with Crippen molar-refractivity contribution in [3.63, 3.8) is 0 Å². The van der Waals surface area contributed by atoms with Gasteiger partial charge in [0.15, 0.2) is 6.10 Å².